The number of nitrogens with one attached hydrogen (secondary N) is 1. The molecule has 0 aliphatic rings. The first-order valence-electron chi connectivity index (χ1n) is 5.26. The van der Waals surface area contributed by atoms with Gasteiger partial charge in [0.2, 0.25) is 5.91 Å². The number of hydrogen-bond acceptors (Lipinski definition) is 4. The Balaban J connectivity index is 2.72. The number of carboxylic acid groups (broad SMARTS) is 1. The Hall–Kier alpha value is -2.07. The lowest BCUT2D eigenvalue weighted by atomic mass is 10.2. The maximum Gasteiger partial charge on any atom is 0.327 e. The summed E-state index contributed by atoms with van der Waals surface area (Å²) in [6.07, 6.45) is 0. The van der Waals surface area contributed by atoms with Crippen molar-refractivity contribution in [2.24, 2.45) is 0 Å². The maximum atomic E-state index is 13.5. The van der Waals surface area contributed by atoms with E-state index in [1.54, 1.807) is 6.07 Å². The van der Waals surface area contributed by atoms with E-state index in [-0.39, 0.29) is 16.2 Å². The molecule has 0 spiro atoms. The van der Waals surface area contributed by atoms with Gasteiger partial charge in [-0.1, -0.05) is 0 Å². The first kappa shape index (κ1) is 15.0. The first-order chi connectivity index (χ1) is 8.93. The summed E-state index contributed by atoms with van der Waals surface area (Å²) in [6.45, 7) is 1.21. The molecule has 1 aromatic carbocycles. The minimum absolute atomic E-state index is 0.00225. The summed E-state index contributed by atoms with van der Waals surface area (Å²) in [5, 5.41) is 19.7. The second-order valence-electron chi connectivity index (χ2n) is 3.66. The zero-order valence-electron chi connectivity index (χ0n) is 10.0. The Morgan fingerprint density at radius 3 is 2.74 bits per heavy atom. The molecule has 2 N–H and O–H groups in total. The number of nitriles is 1. The van der Waals surface area contributed by atoms with Gasteiger partial charge in [-0.15, -0.1) is 11.8 Å². The molecule has 1 atom stereocenters. The van der Waals surface area contributed by atoms with E-state index >= 15 is 0 Å². The molecular formula is C12H11FN2O3S. The van der Waals surface area contributed by atoms with E-state index in [4.69, 9.17) is 10.4 Å². The van der Waals surface area contributed by atoms with Crippen LogP contribution >= 0.6 is 11.8 Å². The summed E-state index contributed by atoms with van der Waals surface area (Å²) in [7, 11) is 0. The molecule has 1 amide bonds. The van der Waals surface area contributed by atoms with Crippen molar-refractivity contribution in [1.29, 1.82) is 5.26 Å². The van der Waals surface area contributed by atoms with Gasteiger partial charge in [0, 0.05) is 17.6 Å². The summed E-state index contributed by atoms with van der Waals surface area (Å²) >= 11 is 0.965. The maximum absolute atomic E-state index is 13.5. The third-order valence-corrected chi connectivity index (χ3v) is 3.28. The van der Waals surface area contributed by atoms with Crippen molar-refractivity contribution in [3.8, 4) is 6.07 Å². The summed E-state index contributed by atoms with van der Waals surface area (Å²) in [6, 6.07) is 4.65. The van der Waals surface area contributed by atoms with Crippen LogP contribution in [0.15, 0.2) is 23.1 Å². The number of thioether (sulfide) groups is 1. The summed E-state index contributed by atoms with van der Waals surface area (Å²) in [5.41, 5.74) is 0.193. The van der Waals surface area contributed by atoms with Crippen LogP contribution in [0.2, 0.25) is 0 Å². The monoisotopic (exact) mass is 282 g/mol. The number of rotatable bonds is 5. The molecule has 0 saturated heterocycles. The molecule has 19 heavy (non-hydrogen) atoms. The van der Waals surface area contributed by atoms with E-state index < -0.39 is 23.7 Å². The van der Waals surface area contributed by atoms with Gasteiger partial charge in [0.25, 0.3) is 0 Å². The summed E-state index contributed by atoms with van der Waals surface area (Å²) in [5.74, 6) is -2.24. The Bertz CT molecular complexity index is 542. The fourth-order valence-electron chi connectivity index (χ4n) is 1.28. The van der Waals surface area contributed by atoms with E-state index in [1.165, 1.54) is 19.1 Å². The SMILES string of the molecule is CC(=O)NC(CSc1ccc(C#N)cc1F)C(=O)O. The second kappa shape index (κ2) is 6.75. The molecule has 0 radical (unpaired) electrons. The fraction of sp³-hybridized carbons (Fsp3) is 0.250. The number of carboxylic acids is 1. The summed E-state index contributed by atoms with van der Waals surface area (Å²) in [4.78, 5) is 21.9. The van der Waals surface area contributed by atoms with Crippen molar-refractivity contribution < 1.29 is 19.1 Å². The smallest absolute Gasteiger partial charge is 0.327 e. The number of carbonyl (C=O) groups is 2. The predicted octanol–water partition coefficient (Wildman–Crippen LogP) is 1.38. The van der Waals surface area contributed by atoms with Crippen LogP contribution in [0.5, 0.6) is 0 Å². The van der Waals surface area contributed by atoms with E-state index in [1.807, 2.05) is 0 Å². The van der Waals surface area contributed by atoms with Gasteiger partial charge in [0.15, 0.2) is 0 Å². The molecule has 0 aliphatic heterocycles. The third kappa shape index (κ3) is 4.60. The minimum atomic E-state index is -1.18. The van der Waals surface area contributed by atoms with Crippen molar-refractivity contribution in [3.63, 3.8) is 0 Å². The van der Waals surface area contributed by atoms with Crippen LogP contribution in [0, 0.1) is 17.1 Å². The van der Waals surface area contributed by atoms with Gasteiger partial charge in [0.05, 0.1) is 11.6 Å². The van der Waals surface area contributed by atoms with Crippen molar-refractivity contribution in [1.82, 2.24) is 5.32 Å². The fourth-order valence-corrected chi connectivity index (χ4v) is 2.21. The molecule has 1 unspecified atom stereocenters. The first-order valence-corrected chi connectivity index (χ1v) is 6.25. The highest BCUT2D eigenvalue weighted by Gasteiger charge is 2.19. The van der Waals surface area contributed by atoms with Crippen molar-refractivity contribution in [2.45, 2.75) is 17.9 Å². The quantitative estimate of drug-likeness (QED) is 0.796. The lowest BCUT2D eigenvalue weighted by Crippen LogP contribution is -2.41. The zero-order valence-corrected chi connectivity index (χ0v) is 10.8. The van der Waals surface area contributed by atoms with Crippen LogP contribution in [0.3, 0.4) is 0 Å². The molecule has 1 rings (SSSR count). The number of nitrogens with zero attached hydrogens (tertiary/aromatic N) is 1. The van der Waals surface area contributed by atoms with Crippen LogP contribution in [-0.2, 0) is 9.59 Å². The van der Waals surface area contributed by atoms with Crippen molar-refractivity contribution >= 4 is 23.6 Å². The molecule has 0 aromatic heterocycles. The standard InChI is InChI=1S/C12H11FN2O3S/c1-7(16)15-10(12(17)18)6-19-11-3-2-8(5-14)4-9(11)13/h2-4,10H,6H2,1H3,(H,15,16)(H,17,18). The van der Waals surface area contributed by atoms with Gasteiger partial charge in [0.1, 0.15) is 11.9 Å². The Kier molecular flexibility index (Phi) is 5.33. The number of halogens is 1. The van der Waals surface area contributed by atoms with Crippen molar-refractivity contribution in [2.75, 3.05) is 5.75 Å². The highest BCUT2D eigenvalue weighted by atomic mass is 32.2. The number of amides is 1. The highest BCUT2D eigenvalue weighted by Crippen LogP contribution is 2.23. The second-order valence-corrected chi connectivity index (χ2v) is 4.72. The highest BCUT2D eigenvalue weighted by molar-refractivity contribution is 7.99. The topological polar surface area (TPSA) is 90.2 Å². The van der Waals surface area contributed by atoms with Crippen LogP contribution in [0.1, 0.15) is 12.5 Å². The van der Waals surface area contributed by atoms with Gasteiger partial charge in [-0.25, -0.2) is 9.18 Å². The van der Waals surface area contributed by atoms with Crippen LogP contribution in [-0.4, -0.2) is 28.8 Å². The number of carbonyl (C=O) groups excluding carboxylic acids is 1. The van der Waals surface area contributed by atoms with E-state index in [0.717, 1.165) is 17.8 Å². The van der Waals surface area contributed by atoms with Gasteiger partial charge < -0.3 is 10.4 Å². The molecule has 0 aliphatic carbocycles. The Labute approximate surface area is 113 Å². The number of aliphatic carboxylic acids is 1. The normalized spacial score (nSPS) is 11.4. The minimum Gasteiger partial charge on any atom is -0.480 e. The van der Waals surface area contributed by atoms with Gasteiger partial charge in [-0.05, 0) is 18.2 Å². The molecule has 0 fully saturated rings. The Morgan fingerprint density at radius 1 is 1.58 bits per heavy atom. The average molecular weight is 282 g/mol. The Morgan fingerprint density at radius 2 is 2.26 bits per heavy atom. The number of hydrogen-bond donors (Lipinski definition) is 2. The van der Waals surface area contributed by atoms with E-state index in [0.29, 0.717) is 0 Å². The molecule has 100 valence electrons. The molecule has 0 bridgehead atoms. The zero-order chi connectivity index (χ0) is 14.4. The lowest BCUT2D eigenvalue weighted by molar-refractivity contribution is -0.140. The molecule has 1 aromatic rings. The third-order valence-electron chi connectivity index (χ3n) is 2.14. The van der Waals surface area contributed by atoms with Gasteiger partial charge in [-0.2, -0.15) is 5.26 Å². The average Bonchev–Trinajstić information content (AvgIpc) is 2.34. The number of benzene rings is 1. The molecule has 5 nitrogen and oxygen atoms in total. The molecule has 7 heteroatoms. The summed E-state index contributed by atoms with van der Waals surface area (Å²) < 4.78 is 13.5. The van der Waals surface area contributed by atoms with E-state index in [2.05, 4.69) is 5.32 Å². The largest absolute Gasteiger partial charge is 0.480 e. The van der Waals surface area contributed by atoms with Crippen LogP contribution in [0.25, 0.3) is 0 Å². The van der Waals surface area contributed by atoms with E-state index in [9.17, 15) is 14.0 Å². The predicted molar refractivity (Wildman–Crippen MR) is 67.1 cm³/mol. The lowest BCUT2D eigenvalue weighted by Gasteiger charge is -2.12. The van der Waals surface area contributed by atoms with Crippen LogP contribution < -0.4 is 5.32 Å². The van der Waals surface area contributed by atoms with Gasteiger partial charge >= 0.3 is 5.97 Å². The molecule has 0 saturated carbocycles. The molecular weight excluding hydrogens is 271 g/mol. The van der Waals surface area contributed by atoms with Crippen LogP contribution in [0.4, 0.5) is 4.39 Å². The molecule has 0 heterocycles. The van der Waals surface area contributed by atoms with Crippen molar-refractivity contribution in [3.05, 3.63) is 29.6 Å². The van der Waals surface area contributed by atoms with Gasteiger partial charge in [-0.3, -0.25) is 4.79 Å².